The molecule has 1 aliphatic carbocycles. The molecule has 4 aromatic rings. The van der Waals surface area contributed by atoms with Crippen LogP contribution in [0.2, 0.25) is 0 Å². The number of aryl methyl sites for hydroxylation is 2. The van der Waals surface area contributed by atoms with Crippen LogP contribution in [0, 0.1) is 13.8 Å². The molecule has 0 radical (unpaired) electrons. The lowest BCUT2D eigenvalue weighted by Gasteiger charge is -2.08. The number of fused-ring (bicyclic) bond motifs is 4. The summed E-state index contributed by atoms with van der Waals surface area (Å²) in [5.41, 5.74) is 8.85. The largest absolute Gasteiger partial charge is 0.242 e. The molecule has 0 saturated heterocycles. The SMILES string of the molecule is Cc1ccc2c3c(ccc(C)c13)-c1nc3c(Br)sc(Br)c3nc1-2. The number of hydrogen-bond acceptors (Lipinski definition) is 3. The third-order valence-electron chi connectivity index (χ3n) is 4.53. The number of thiophene rings is 1. The second-order valence-electron chi connectivity index (χ2n) is 5.88. The topological polar surface area (TPSA) is 25.8 Å². The molecule has 2 aromatic heterocycles. The predicted octanol–water partition coefficient (Wildman–Crippen LogP) is 6.63. The molecule has 2 aromatic carbocycles. The fourth-order valence-corrected chi connectivity index (χ4v) is 6.34. The molecule has 0 bridgehead atoms. The zero-order chi connectivity index (χ0) is 15.9. The summed E-state index contributed by atoms with van der Waals surface area (Å²) >= 11 is 8.84. The highest BCUT2D eigenvalue weighted by molar-refractivity contribution is 9.12. The minimum atomic E-state index is 0.930. The Hall–Kier alpha value is -1.30. The molecule has 0 fully saturated rings. The lowest BCUT2D eigenvalue weighted by molar-refractivity contribution is 1.32. The van der Waals surface area contributed by atoms with E-state index in [2.05, 4.69) is 70.0 Å². The number of nitrogens with zero attached hydrogens (tertiary/aromatic N) is 2. The van der Waals surface area contributed by atoms with Crippen LogP contribution in [0.4, 0.5) is 0 Å². The highest BCUT2D eigenvalue weighted by atomic mass is 79.9. The van der Waals surface area contributed by atoms with Gasteiger partial charge in [-0.2, -0.15) is 0 Å². The van der Waals surface area contributed by atoms with Gasteiger partial charge in [-0.05, 0) is 62.2 Å². The zero-order valence-corrected chi connectivity index (χ0v) is 16.4. The van der Waals surface area contributed by atoms with Crippen LogP contribution in [0.25, 0.3) is 44.3 Å². The van der Waals surface area contributed by atoms with Gasteiger partial charge in [-0.15, -0.1) is 11.3 Å². The first-order chi connectivity index (χ1) is 11.1. The molecule has 112 valence electrons. The summed E-state index contributed by atoms with van der Waals surface area (Å²) in [7, 11) is 0. The molecular formula is C18H10Br2N2S. The monoisotopic (exact) mass is 444 g/mol. The summed E-state index contributed by atoms with van der Waals surface area (Å²) in [6.45, 7) is 4.34. The summed E-state index contributed by atoms with van der Waals surface area (Å²) < 4.78 is 2.04. The summed E-state index contributed by atoms with van der Waals surface area (Å²) in [6, 6.07) is 8.74. The third-order valence-corrected chi connectivity index (χ3v) is 7.00. The van der Waals surface area contributed by atoms with E-state index in [1.807, 2.05) is 0 Å². The van der Waals surface area contributed by atoms with Crippen molar-refractivity contribution in [2.45, 2.75) is 13.8 Å². The van der Waals surface area contributed by atoms with Gasteiger partial charge in [0.2, 0.25) is 0 Å². The molecule has 5 rings (SSSR count). The van der Waals surface area contributed by atoms with Gasteiger partial charge in [0.1, 0.15) is 11.0 Å². The highest BCUT2D eigenvalue weighted by Gasteiger charge is 2.27. The van der Waals surface area contributed by atoms with Crippen molar-refractivity contribution in [2.24, 2.45) is 0 Å². The Balaban J connectivity index is 2.01. The summed E-state index contributed by atoms with van der Waals surface area (Å²) in [5.74, 6) is 0. The van der Waals surface area contributed by atoms with Crippen molar-refractivity contribution in [3.63, 3.8) is 0 Å². The Kier molecular flexibility index (Phi) is 2.83. The Morgan fingerprint density at radius 1 is 0.739 bits per heavy atom. The van der Waals surface area contributed by atoms with Gasteiger partial charge in [0, 0.05) is 16.5 Å². The summed E-state index contributed by atoms with van der Waals surface area (Å²) in [6.07, 6.45) is 0. The third kappa shape index (κ3) is 1.73. The molecule has 2 heterocycles. The van der Waals surface area contributed by atoms with Gasteiger partial charge in [0.25, 0.3) is 0 Å². The van der Waals surface area contributed by atoms with Gasteiger partial charge >= 0.3 is 0 Å². The van der Waals surface area contributed by atoms with Gasteiger partial charge < -0.3 is 0 Å². The first-order valence-electron chi connectivity index (χ1n) is 7.25. The van der Waals surface area contributed by atoms with Crippen molar-refractivity contribution >= 4 is 65.0 Å². The van der Waals surface area contributed by atoms with E-state index in [1.165, 1.54) is 33.0 Å². The Bertz CT molecular complexity index is 1080. The maximum Gasteiger partial charge on any atom is 0.116 e. The Morgan fingerprint density at radius 3 is 1.70 bits per heavy atom. The molecule has 0 aliphatic heterocycles. The van der Waals surface area contributed by atoms with Crippen molar-refractivity contribution in [2.75, 3.05) is 0 Å². The van der Waals surface area contributed by atoms with E-state index in [0.29, 0.717) is 0 Å². The van der Waals surface area contributed by atoms with E-state index in [1.54, 1.807) is 11.3 Å². The predicted molar refractivity (Wildman–Crippen MR) is 104 cm³/mol. The number of hydrogen-bond donors (Lipinski definition) is 0. The van der Waals surface area contributed by atoms with Gasteiger partial charge in [-0.3, -0.25) is 0 Å². The Labute approximate surface area is 153 Å². The average Bonchev–Trinajstić information content (AvgIpc) is 2.99. The first kappa shape index (κ1) is 14.1. The van der Waals surface area contributed by atoms with E-state index >= 15 is 0 Å². The van der Waals surface area contributed by atoms with Crippen LogP contribution >= 0.6 is 43.2 Å². The van der Waals surface area contributed by atoms with E-state index in [9.17, 15) is 0 Å². The molecule has 0 N–H and O–H groups in total. The lowest BCUT2D eigenvalue weighted by Crippen LogP contribution is -1.88. The van der Waals surface area contributed by atoms with Crippen molar-refractivity contribution in [3.8, 4) is 22.5 Å². The normalized spacial score (nSPS) is 12.3. The number of aromatic nitrogens is 2. The summed E-state index contributed by atoms with van der Waals surface area (Å²) in [4.78, 5) is 9.89. The maximum absolute atomic E-state index is 4.95. The first-order valence-corrected chi connectivity index (χ1v) is 9.65. The van der Waals surface area contributed by atoms with Gasteiger partial charge in [0.15, 0.2) is 0 Å². The molecule has 0 atom stereocenters. The molecule has 0 spiro atoms. The lowest BCUT2D eigenvalue weighted by atomic mass is 9.96. The summed E-state index contributed by atoms with van der Waals surface area (Å²) in [5, 5.41) is 2.63. The quantitative estimate of drug-likeness (QED) is 0.267. The van der Waals surface area contributed by atoms with Crippen LogP contribution in [0.1, 0.15) is 11.1 Å². The van der Waals surface area contributed by atoms with Crippen LogP contribution in [0.15, 0.2) is 31.8 Å². The van der Waals surface area contributed by atoms with Crippen LogP contribution in [-0.4, -0.2) is 9.97 Å². The van der Waals surface area contributed by atoms with Crippen molar-refractivity contribution in [1.29, 1.82) is 0 Å². The number of rotatable bonds is 0. The Morgan fingerprint density at radius 2 is 1.22 bits per heavy atom. The molecular weight excluding hydrogens is 436 g/mol. The van der Waals surface area contributed by atoms with Gasteiger partial charge in [-0.25, -0.2) is 9.97 Å². The van der Waals surface area contributed by atoms with Crippen LogP contribution < -0.4 is 0 Å². The molecule has 0 saturated carbocycles. The fraction of sp³-hybridized carbons (Fsp3) is 0.111. The second-order valence-corrected chi connectivity index (χ2v) is 9.53. The molecule has 23 heavy (non-hydrogen) atoms. The molecule has 0 amide bonds. The van der Waals surface area contributed by atoms with E-state index in [0.717, 1.165) is 30.0 Å². The van der Waals surface area contributed by atoms with Crippen LogP contribution in [0.5, 0.6) is 0 Å². The maximum atomic E-state index is 4.95. The molecule has 2 nitrogen and oxygen atoms in total. The van der Waals surface area contributed by atoms with Crippen molar-refractivity contribution < 1.29 is 0 Å². The molecule has 5 heteroatoms. The standard InChI is InChI=1S/C18H10Br2N2S/c1-7-3-5-9-12-10(6-4-8(2)11(7)12)14-13(9)21-15-16(22-14)18(20)23-17(15)19/h3-6H,1-2H3. The van der Waals surface area contributed by atoms with E-state index in [-0.39, 0.29) is 0 Å². The average molecular weight is 446 g/mol. The molecule has 1 aliphatic rings. The highest BCUT2D eigenvalue weighted by Crippen LogP contribution is 2.49. The van der Waals surface area contributed by atoms with Crippen LogP contribution in [0.3, 0.4) is 0 Å². The minimum absolute atomic E-state index is 0.930. The smallest absolute Gasteiger partial charge is 0.116 e. The number of halogens is 2. The number of benzene rings is 2. The van der Waals surface area contributed by atoms with Crippen molar-refractivity contribution in [1.82, 2.24) is 9.97 Å². The second kappa shape index (κ2) is 4.62. The zero-order valence-electron chi connectivity index (χ0n) is 12.4. The minimum Gasteiger partial charge on any atom is -0.242 e. The van der Waals surface area contributed by atoms with Crippen LogP contribution in [-0.2, 0) is 0 Å². The van der Waals surface area contributed by atoms with E-state index < -0.39 is 0 Å². The van der Waals surface area contributed by atoms with Gasteiger partial charge in [-0.1, -0.05) is 24.3 Å². The van der Waals surface area contributed by atoms with Crippen molar-refractivity contribution in [3.05, 3.63) is 43.0 Å². The van der Waals surface area contributed by atoms with E-state index in [4.69, 9.17) is 9.97 Å². The van der Waals surface area contributed by atoms with Gasteiger partial charge in [0.05, 0.1) is 19.0 Å². The fourth-order valence-electron chi connectivity index (χ4n) is 3.52. The molecule has 0 unspecified atom stereocenters.